The summed E-state index contributed by atoms with van der Waals surface area (Å²) in [6.45, 7) is 0.829. The minimum absolute atomic E-state index is 0.00602. The molecule has 0 amide bonds. The van der Waals surface area contributed by atoms with Crippen LogP contribution in [0.5, 0.6) is 0 Å². The molecule has 15 heavy (non-hydrogen) atoms. The van der Waals surface area contributed by atoms with E-state index in [-0.39, 0.29) is 12.1 Å². The summed E-state index contributed by atoms with van der Waals surface area (Å²) in [6, 6.07) is 1.98. The average molecular weight is 210 g/mol. The summed E-state index contributed by atoms with van der Waals surface area (Å²) in [5, 5.41) is 4.35. The summed E-state index contributed by atoms with van der Waals surface area (Å²) in [4.78, 5) is 0. The normalized spacial score (nSPS) is 24.0. The third-order valence-corrected chi connectivity index (χ3v) is 2.82. The molecule has 1 aromatic heterocycles. The van der Waals surface area contributed by atoms with Crippen LogP contribution in [0.4, 0.5) is 0 Å². The van der Waals surface area contributed by atoms with Gasteiger partial charge in [0.15, 0.2) is 0 Å². The Balaban J connectivity index is 2.08. The number of nitrogens with zero attached hydrogens (tertiary/aromatic N) is 2. The molecule has 1 fully saturated rings. The number of aromatic nitrogens is 2. The first-order valence-corrected chi connectivity index (χ1v) is 5.38. The molecule has 1 aromatic rings. The fourth-order valence-corrected chi connectivity index (χ4v) is 2.01. The summed E-state index contributed by atoms with van der Waals surface area (Å²) in [7, 11) is 1.90. The van der Waals surface area contributed by atoms with Gasteiger partial charge in [-0.05, 0) is 25.3 Å². The van der Waals surface area contributed by atoms with E-state index < -0.39 is 0 Å². The molecular weight excluding hydrogens is 192 g/mol. The molecule has 1 aliphatic rings. The summed E-state index contributed by atoms with van der Waals surface area (Å²) in [5.74, 6) is 5.57. The zero-order valence-electron chi connectivity index (χ0n) is 9.02. The molecule has 0 radical (unpaired) electrons. The van der Waals surface area contributed by atoms with Crippen LogP contribution >= 0.6 is 0 Å². The lowest BCUT2D eigenvalue weighted by atomic mass is 10.0. The molecule has 0 bridgehead atoms. The number of nitrogens with two attached hydrogens (primary N) is 1. The maximum absolute atomic E-state index is 5.70. The molecule has 0 aromatic carbocycles. The molecule has 2 heterocycles. The summed E-state index contributed by atoms with van der Waals surface area (Å²) >= 11 is 0. The van der Waals surface area contributed by atoms with Crippen LogP contribution in [0.15, 0.2) is 12.3 Å². The van der Waals surface area contributed by atoms with Gasteiger partial charge < -0.3 is 4.74 Å². The lowest BCUT2D eigenvalue weighted by molar-refractivity contribution is -0.00919. The zero-order valence-corrected chi connectivity index (χ0v) is 9.02. The van der Waals surface area contributed by atoms with Crippen molar-refractivity contribution in [3.63, 3.8) is 0 Å². The van der Waals surface area contributed by atoms with Crippen molar-refractivity contribution in [1.82, 2.24) is 15.2 Å². The maximum atomic E-state index is 5.70. The number of ether oxygens (including phenoxy) is 1. The summed E-state index contributed by atoms with van der Waals surface area (Å²) in [5.41, 5.74) is 3.75. The Morgan fingerprint density at radius 2 is 2.53 bits per heavy atom. The first-order valence-electron chi connectivity index (χ1n) is 5.38. The van der Waals surface area contributed by atoms with Crippen molar-refractivity contribution in [1.29, 1.82) is 0 Å². The SMILES string of the molecule is Cn1ccc(C(NN)C2CCCCO2)n1. The molecule has 2 unspecified atom stereocenters. The van der Waals surface area contributed by atoms with Crippen LogP contribution in [-0.4, -0.2) is 22.5 Å². The van der Waals surface area contributed by atoms with Gasteiger partial charge in [-0.2, -0.15) is 5.10 Å². The lowest BCUT2D eigenvalue weighted by Crippen LogP contribution is -2.39. The highest BCUT2D eigenvalue weighted by atomic mass is 16.5. The van der Waals surface area contributed by atoms with Crippen LogP contribution in [0.1, 0.15) is 31.0 Å². The van der Waals surface area contributed by atoms with E-state index in [0.29, 0.717) is 0 Å². The van der Waals surface area contributed by atoms with Gasteiger partial charge >= 0.3 is 0 Å². The molecule has 0 saturated carbocycles. The van der Waals surface area contributed by atoms with E-state index in [9.17, 15) is 0 Å². The van der Waals surface area contributed by atoms with Gasteiger partial charge in [-0.1, -0.05) is 0 Å². The van der Waals surface area contributed by atoms with E-state index in [1.807, 2.05) is 19.3 Å². The van der Waals surface area contributed by atoms with E-state index in [1.165, 1.54) is 6.42 Å². The van der Waals surface area contributed by atoms with Gasteiger partial charge in [0, 0.05) is 19.9 Å². The molecule has 2 atom stereocenters. The van der Waals surface area contributed by atoms with E-state index in [4.69, 9.17) is 10.6 Å². The van der Waals surface area contributed by atoms with Gasteiger partial charge in [0.25, 0.3) is 0 Å². The van der Waals surface area contributed by atoms with E-state index in [0.717, 1.165) is 25.1 Å². The monoisotopic (exact) mass is 210 g/mol. The highest BCUT2D eigenvalue weighted by molar-refractivity contribution is 5.07. The second kappa shape index (κ2) is 4.74. The Kier molecular flexibility index (Phi) is 3.35. The Morgan fingerprint density at radius 3 is 3.07 bits per heavy atom. The number of hydrazine groups is 1. The van der Waals surface area contributed by atoms with Gasteiger partial charge in [-0.3, -0.25) is 10.5 Å². The number of rotatable bonds is 3. The predicted octanol–water partition coefficient (Wildman–Crippen LogP) is 0.494. The number of hydrogen-bond acceptors (Lipinski definition) is 4. The van der Waals surface area contributed by atoms with E-state index >= 15 is 0 Å². The molecule has 1 aliphatic heterocycles. The van der Waals surface area contributed by atoms with Crippen LogP contribution in [0.3, 0.4) is 0 Å². The minimum Gasteiger partial charge on any atom is -0.376 e. The third-order valence-electron chi connectivity index (χ3n) is 2.82. The van der Waals surface area contributed by atoms with Crippen molar-refractivity contribution in [3.8, 4) is 0 Å². The summed E-state index contributed by atoms with van der Waals surface area (Å²) < 4.78 is 7.48. The molecule has 5 nitrogen and oxygen atoms in total. The van der Waals surface area contributed by atoms with Crippen LogP contribution in [0.2, 0.25) is 0 Å². The highest BCUT2D eigenvalue weighted by Gasteiger charge is 2.26. The second-order valence-electron chi connectivity index (χ2n) is 3.96. The van der Waals surface area contributed by atoms with Gasteiger partial charge in [0.05, 0.1) is 17.8 Å². The number of nitrogens with one attached hydrogen (secondary N) is 1. The Bertz CT molecular complexity index is 306. The van der Waals surface area contributed by atoms with Gasteiger partial charge in [0.2, 0.25) is 0 Å². The van der Waals surface area contributed by atoms with Crippen molar-refractivity contribution in [2.24, 2.45) is 12.9 Å². The maximum Gasteiger partial charge on any atom is 0.0911 e. The van der Waals surface area contributed by atoms with Crippen LogP contribution < -0.4 is 11.3 Å². The van der Waals surface area contributed by atoms with Gasteiger partial charge in [-0.25, -0.2) is 5.43 Å². The number of hydrogen-bond donors (Lipinski definition) is 2. The van der Waals surface area contributed by atoms with Crippen LogP contribution in [-0.2, 0) is 11.8 Å². The van der Waals surface area contributed by atoms with Crippen molar-refractivity contribution in [2.45, 2.75) is 31.4 Å². The Hall–Kier alpha value is -0.910. The molecule has 3 N–H and O–H groups in total. The smallest absolute Gasteiger partial charge is 0.0911 e. The fraction of sp³-hybridized carbons (Fsp3) is 0.700. The molecule has 5 heteroatoms. The molecule has 1 saturated heterocycles. The third kappa shape index (κ3) is 2.37. The summed E-state index contributed by atoms with van der Waals surface area (Å²) in [6.07, 6.45) is 5.47. The standard InChI is InChI=1S/C10H18N4O/c1-14-6-5-8(13-14)10(12-11)9-4-2-3-7-15-9/h5-6,9-10,12H,2-4,7,11H2,1H3. The van der Waals surface area contributed by atoms with Crippen molar-refractivity contribution in [3.05, 3.63) is 18.0 Å². The van der Waals surface area contributed by atoms with Crippen LogP contribution in [0, 0.1) is 0 Å². The largest absolute Gasteiger partial charge is 0.376 e. The molecular formula is C10H18N4O. The minimum atomic E-state index is 0.00602. The molecule has 84 valence electrons. The van der Waals surface area contributed by atoms with Gasteiger partial charge in [0.1, 0.15) is 0 Å². The Morgan fingerprint density at radius 1 is 1.67 bits per heavy atom. The van der Waals surface area contributed by atoms with Crippen molar-refractivity contribution in [2.75, 3.05) is 6.61 Å². The van der Waals surface area contributed by atoms with Crippen molar-refractivity contribution >= 4 is 0 Å². The van der Waals surface area contributed by atoms with Gasteiger partial charge in [-0.15, -0.1) is 0 Å². The highest BCUT2D eigenvalue weighted by Crippen LogP contribution is 2.24. The fourth-order valence-electron chi connectivity index (χ4n) is 2.01. The van der Waals surface area contributed by atoms with Crippen molar-refractivity contribution < 1.29 is 4.74 Å². The lowest BCUT2D eigenvalue weighted by Gasteiger charge is -2.28. The average Bonchev–Trinajstić information content (AvgIpc) is 2.68. The molecule has 0 aliphatic carbocycles. The molecule has 2 rings (SSSR count). The molecule has 0 spiro atoms. The quantitative estimate of drug-likeness (QED) is 0.563. The zero-order chi connectivity index (χ0) is 10.7. The second-order valence-corrected chi connectivity index (χ2v) is 3.96. The topological polar surface area (TPSA) is 65.1 Å². The Labute approximate surface area is 89.6 Å². The number of aryl methyl sites for hydroxylation is 1. The van der Waals surface area contributed by atoms with E-state index in [1.54, 1.807) is 4.68 Å². The first kappa shape index (κ1) is 10.6. The first-order chi connectivity index (χ1) is 7.31. The van der Waals surface area contributed by atoms with Crippen LogP contribution in [0.25, 0.3) is 0 Å². The van der Waals surface area contributed by atoms with E-state index in [2.05, 4.69) is 10.5 Å². The predicted molar refractivity (Wildman–Crippen MR) is 56.9 cm³/mol.